The summed E-state index contributed by atoms with van der Waals surface area (Å²) >= 11 is 0. The Balaban J connectivity index is 1.70. The summed E-state index contributed by atoms with van der Waals surface area (Å²) in [4.78, 5) is 0. The van der Waals surface area contributed by atoms with E-state index in [0.29, 0.717) is 0 Å². The van der Waals surface area contributed by atoms with Crippen molar-refractivity contribution < 1.29 is 24.7 Å². The molecule has 0 saturated carbocycles. The Kier molecular flexibility index (Phi) is 2.53. The molecular formula is C3H12O6Si6. The van der Waals surface area contributed by atoms with E-state index >= 15 is 0 Å². The molecule has 5 aliphatic heterocycles. The van der Waals surface area contributed by atoms with Crippen LogP contribution in [-0.2, 0) is 24.7 Å². The van der Waals surface area contributed by atoms with E-state index in [9.17, 15) is 0 Å². The van der Waals surface area contributed by atoms with Crippen LogP contribution >= 0.6 is 0 Å². The van der Waals surface area contributed by atoms with Gasteiger partial charge in [0.15, 0.2) is 0 Å². The Bertz CT molecular complexity index is 201. The Morgan fingerprint density at radius 3 is 0.800 bits per heavy atom. The lowest BCUT2D eigenvalue weighted by molar-refractivity contribution is 0.238. The molecule has 5 heterocycles. The summed E-state index contributed by atoms with van der Waals surface area (Å²) in [5.41, 5.74) is 2.98. The minimum atomic E-state index is -1.44. The first-order valence-corrected chi connectivity index (χ1v) is 15.8. The van der Waals surface area contributed by atoms with Gasteiger partial charge in [-0.2, -0.15) is 0 Å². The molecule has 6 bridgehead atoms. The van der Waals surface area contributed by atoms with Crippen molar-refractivity contribution in [2.75, 3.05) is 0 Å². The van der Waals surface area contributed by atoms with Gasteiger partial charge in [-0.1, -0.05) is 0 Å². The Morgan fingerprint density at radius 2 is 0.600 bits per heavy atom. The van der Waals surface area contributed by atoms with Crippen molar-refractivity contribution in [3.8, 4) is 0 Å². The Labute approximate surface area is 97.5 Å². The van der Waals surface area contributed by atoms with Crippen LogP contribution in [0.1, 0.15) is 0 Å². The zero-order valence-corrected chi connectivity index (χ0v) is 15.0. The Hall–Kier alpha value is 1.06. The fraction of sp³-hybridized carbons (Fsp3) is 1.00. The van der Waals surface area contributed by atoms with Crippen LogP contribution in [0.4, 0.5) is 0 Å². The second-order valence-corrected chi connectivity index (χ2v) is 21.4. The van der Waals surface area contributed by atoms with Gasteiger partial charge in [0.25, 0.3) is 0 Å². The summed E-state index contributed by atoms with van der Waals surface area (Å²) in [5, 5.41) is 0. The highest BCUT2D eigenvalue weighted by Crippen LogP contribution is 2.30. The highest BCUT2D eigenvalue weighted by atomic mass is 28.5. The van der Waals surface area contributed by atoms with E-state index in [1.165, 1.54) is 0 Å². The molecule has 15 heavy (non-hydrogen) atoms. The summed E-state index contributed by atoms with van der Waals surface area (Å²) in [6, 6.07) is 0. The summed E-state index contributed by atoms with van der Waals surface area (Å²) in [5.74, 6) is 0. The van der Waals surface area contributed by atoms with Gasteiger partial charge in [0.05, 0.1) is 0 Å². The maximum absolute atomic E-state index is 5.97. The van der Waals surface area contributed by atoms with Crippen LogP contribution in [0, 0.1) is 0 Å². The molecule has 0 atom stereocenters. The third-order valence-electron chi connectivity index (χ3n) is 2.98. The average Bonchev–Trinajstić information content (AvgIpc) is 2.13. The molecule has 84 valence electrons. The minimum Gasteiger partial charge on any atom is -0.420 e. The molecular weight excluding hydrogens is 301 g/mol. The first-order chi connectivity index (χ1) is 7.35. The lowest BCUT2D eigenvalue weighted by atomic mass is 11.9. The smallest absolute Gasteiger partial charge is 0.304 e. The molecule has 0 aromatic carbocycles. The van der Waals surface area contributed by atoms with Gasteiger partial charge in [-0.25, -0.2) is 0 Å². The molecule has 0 unspecified atom stereocenters. The molecule has 0 N–H and O–H groups in total. The summed E-state index contributed by atoms with van der Waals surface area (Å²) in [6.07, 6.45) is 0. The summed E-state index contributed by atoms with van der Waals surface area (Å²) < 4.78 is 35.8. The normalized spacial score (nSPS) is 57.6. The van der Waals surface area contributed by atoms with Crippen molar-refractivity contribution in [1.82, 2.24) is 0 Å². The van der Waals surface area contributed by atoms with Crippen molar-refractivity contribution in [2.45, 2.75) is 17.0 Å². The van der Waals surface area contributed by atoms with E-state index < -0.39 is 55.7 Å². The van der Waals surface area contributed by atoms with Crippen LogP contribution in [-0.4, -0.2) is 55.7 Å². The molecule has 5 rings (SSSR count). The van der Waals surface area contributed by atoms with E-state index in [0.717, 1.165) is 17.0 Å². The molecule has 5 aliphatic rings. The number of hydrogen-bond donors (Lipinski definition) is 0. The third-order valence-corrected chi connectivity index (χ3v) is 26.8. The standard InChI is InChI=1S/C3H12O6Si6/c1-10-4-12-2-13-5-11(1)7-15(9-13)3-14(6-10)8-12/h10-15H,1-3H2. The zero-order chi connectivity index (χ0) is 9.83. The SMILES string of the molecule is C1[SiH]2O[SiH]3C[SiH]4O[SiH]1O[SiH](C[SiH](O2)O3)O4. The van der Waals surface area contributed by atoms with Crippen LogP contribution in [0.3, 0.4) is 0 Å². The Morgan fingerprint density at radius 1 is 0.400 bits per heavy atom. The quantitative estimate of drug-likeness (QED) is 0.447. The summed E-state index contributed by atoms with van der Waals surface area (Å²) in [6.45, 7) is 0. The minimum absolute atomic E-state index is 0.993. The van der Waals surface area contributed by atoms with Crippen molar-refractivity contribution in [1.29, 1.82) is 0 Å². The molecule has 5 fully saturated rings. The van der Waals surface area contributed by atoms with Gasteiger partial charge in [-0.3, -0.25) is 0 Å². The van der Waals surface area contributed by atoms with Crippen LogP contribution in [0.25, 0.3) is 0 Å². The van der Waals surface area contributed by atoms with Gasteiger partial charge in [0, 0.05) is 17.0 Å². The van der Waals surface area contributed by atoms with Crippen molar-refractivity contribution >= 4 is 55.7 Å². The molecule has 0 spiro atoms. The van der Waals surface area contributed by atoms with Crippen molar-refractivity contribution in [3.63, 3.8) is 0 Å². The number of hydrogen-bond acceptors (Lipinski definition) is 6. The number of rotatable bonds is 0. The average molecular weight is 313 g/mol. The maximum Gasteiger partial charge on any atom is 0.304 e. The van der Waals surface area contributed by atoms with Gasteiger partial charge < -0.3 is 24.7 Å². The third kappa shape index (κ3) is 1.87. The van der Waals surface area contributed by atoms with Crippen molar-refractivity contribution in [2.24, 2.45) is 0 Å². The second kappa shape index (κ2) is 3.78. The predicted octanol–water partition coefficient (Wildman–Crippen LogP) is -2.92. The predicted molar refractivity (Wildman–Crippen MR) is 63.8 cm³/mol. The zero-order valence-electron chi connectivity index (χ0n) is 8.03. The highest BCUT2D eigenvalue weighted by molar-refractivity contribution is 6.92. The second-order valence-electron chi connectivity index (χ2n) is 4.10. The fourth-order valence-corrected chi connectivity index (χ4v) is 36.6. The van der Waals surface area contributed by atoms with Crippen LogP contribution in [0.5, 0.6) is 0 Å². The van der Waals surface area contributed by atoms with Crippen LogP contribution < -0.4 is 0 Å². The molecule has 0 amide bonds. The van der Waals surface area contributed by atoms with E-state index in [1.807, 2.05) is 0 Å². The maximum atomic E-state index is 5.97. The summed E-state index contributed by atoms with van der Waals surface area (Å²) in [7, 11) is -8.64. The van der Waals surface area contributed by atoms with Gasteiger partial charge in [-0.15, -0.1) is 0 Å². The largest absolute Gasteiger partial charge is 0.420 e. The molecule has 12 heteroatoms. The first-order valence-electron chi connectivity index (χ1n) is 5.28. The fourth-order valence-electron chi connectivity index (χ4n) is 2.35. The van der Waals surface area contributed by atoms with Crippen molar-refractivity contribution in [3.05, 3.63) is 0 Å². The van der Waals surface area contributed by atoms with Crippen LogP contribution in [0.2, 0.25) is 17.0 Å². The molecule has 5 saturated heterocycles. The molecule has 0 aromatic heterocycles. The van der Waals surface area contributed by atoms with E-state index in [-0.39, 0.29) is 0 Å². The molecule has 0 aliphatic carbocycles. The van der Waals surface area contributed by atoms with Crippen LogP contribution in [0.15, 0.2) is 0 Å². The van der Waals surface area contributed by atoms with E-state index in [1.54, 1.807) is 0 Å². The highest BCUT2D eigenvalue weighted by Gasteiger charge is 2.50. The van der Waals surface area contributed by atoms with Gasteiger partial charge in [-0.05, 0) is 0 Å². The lowest BCUT2D eigenvalue weighted by Gasteiger charge is -2.46. The van der Waals surface area contributed by atoms with E-state index in [2.05, 4.69) is 0 Å². The molecule has 0 aromatic rings. The van der Waals surface area contributed by atoms with E-state index in [4.69, 9.17) is 24.7 Å². The molecule has 0 radical (unpaired) electrons. The van der Waals surface area contributed by atoms with Gasteiger partial charge in [0.1, 0.15) is 0 Å². The topological polar surface area (TPSA) is 55.4 Å². The van der Waals surface area contributed by atoms with Gasteiger partial charge in [0.2, 0.25) is 0 Å². The monoisotopic (exact) mass is 312 g/mol. The molecule has 6 nitrogen and oxygen atoms in total. The van der Waals surface area contributed by atoms with Gasteiger partial charge >= 0.3 is 55.7 Å². The lowest BCUT2D eigenvalue weighted by Crippen LogP contribution is -2.64. The first kappa shape index (κ1) is 10.0.